The zero-order valence-electron chi connectivity index (χ0n) is 12.4. The highest BCUT2D eigenvalue weighted by Crippen LogP contribution is 2.37. The van der Waals surface area contributed by atoms with Gasteiger partial charge in [-0.25, -0.2) is 5.06 Å². The lowest BCUT2D eigenvalue weighted by atomic mass is 10.2. The van der Waals surface area contributed by atoms with Gasteiger partial charge in [-0.1, -0.05) is 36.4 Å². The van der Waals surface area contributed by atoms with E-state index in [1.54, 1.807) is 26.4 Å². The summed E-state index contributed by atoms with van der Waals surface area (Å²) >= 11 is 0. The van der Waals surface area contributed by atoms with E-state index >= 15 is 0 Å². The van der Waals surface area contributed by atoms with Gasteiger partial charge >= 0.3 is 0 Å². The van der Waals surface area contributed by atoms with Gasteiger partial charge in [-0.3, -0.25) is 4.84 Å². The molecule has 0 radical (unpaired) electrons. The molecule has 2 aromatic rings. The van der Waals surface area contributed by atoms with Crippen LogP contribution in [0.25, 0.3) is 0 Å². The van der Waals surface area contributed by atoms with E-state index in [9.17, 15) is 0 Å². The van der Waals surface area contributed by atoms with Gasteiger partial charge < -0.3 is 9.47 Å². The van der Waals surface area contributed by atoms with Crippen molar-refractivity contribution in [1.82, 2.24) is 0 Å². The van der Waals surface area contributed by atoms with Crippen molar-refractivity contribution < 1.29 is 14.3 Å². The largest absolute Gasteiger partial charge is 0.493 e. The van der Waals surface area contributed by atoms with Gasteiger partial charge in [0.05, 0.1) is 27.9 Å². The predicted octanol–water partition coefficient (Wildman–Crippen LogP) is 3.69. The Hall–Kier alpha value is -1.91. The zero-order chi connectivity index (χ0) is 14.4. The molecular weight excluding hydrogens is 290 g/mol. The van der Waals surface area contributed by atoms with E-state index in [-0.39, 0.29) is 12.4 Å². The molecule has 0 aliphatic carbocycles. The van der Waals surface area contributed by atoms with Crippen molar-refractivity contribution in [2.24, 2.45) is 0 Å². The number of benzene rings is 2. The van der Waals surface area contributed by atoms with E-state index in [0.717, 1.165) is 11.3 Å². The molecule has 0 heterocycles. The summed E-state index contributed by atoms with van der Waals surface area (Å²) in [6.07, 6.45) is 0. The minimum atomic E-state index is 0. The molecule has 0 atom stereocenters. The first-order valence-electron chi connectivity index (χ1n) is 6.36. The normalized spacial score (nSPS) is 9.67. The Morgan fingerprint density at radius 3 is 2.14 bits per heavy atom. The first kappa shape index (κ1) is 17.1. The fraction of sp³-hybridized carbons (Fsp3) is 0.250. The summed E-state index contributed by atoms with van der Waals surface area (Å²) in [5.74, 6) is 1.34. The summed E-state index contributed by atoms with van der Waals surface area (Å²) in [6.45, 7) is 0.626. The molecule has 114 valence electrons. The van der Waals surface area contributed by atoms with Crippen LogP contribution in [0.5, 0.6) is 11.5 Å². The van der Waals surface area contributed by atoms with E-state index in [1.807, 2.05) is 36.4 Å². The van der Waals surface area contributed by atoms with Crippen LogP contribution in [-0.4, -0.2) is 21.3 Å². The molecule has 2 aromatic carbocycles. The summed E-state index contributed by atoms with van der Waals surface area (Å²) < 4.78 is 10.8. The van der Waals surface area contributed by atoms with E-state index in [0.29, 0.717) is 18.0 Å². The number of rotatable bonds is 6. The average Bonchev–Trinajstić information content (AvgIpc) is 2.52. The van der Waals surface area contributed by atoms with Crippen LogP contribution in [0.1, 0.15) is 5.56 Å². The lowest BCUT2D eigenvalue weighted by molar-refractivity contribution is 0.160. The number of halogens is 1. The fourth-order valence-corrected chi connectivity index (χ4v) is 2.06. The SMILES string of the molecule is COc1cccc(N(Cc2ccccc2)OC)c1OC.Cl. The monoisotopic (exact) mass is 309 g/mol. The molecule has 21 heavy (non-hydrogen) atoms. The van der Waals surface area contributed by atoms with Gasteiger partial charge in [0.2, 0.25) is 0 Å². The summed E-state index contributed by atoms with van der Waals surface area (Å²) in [6, 6.07) is 15.8. The van der Waals surface area contributed by atoms with Gasteiger partial charge in [0.1, 0.15) is 5.69 Å². The number of hydroxylamine groups is 1. The Labute approximate surface area is 131 Å². The first-order valence-corrected chi connectivity index (χ1v) is 6.36. The lowest BCUT2D eigenvalue weighted by Crippen LogP contribution is -2.21. The van der Waals surface area contributed by atoms with Crippen molar-refractivity contribution in [1.29, 1.82) is 0 Å². The molecular formula is C16H20ClNO3. The topological polar surface area (TPSA) is 30.9 Å². The summed E-state index contributed by atoms with van der Waals surface area (Å²) in [5.41, 5.74) is 1.98. The quantitative estimate of drug-likeness (QED) is 0.761. The van der Waals surface area contributed by atoms with Crippen LogP contribution >= 0.6 is 12.4 Å². The van der Waals surface area contributed by atoms with Crippen LogP contribution in [0.15, 0.2) is 48.5 Å². The van der Waals surface area contributed by atoms with Crippen molar-refractivity contribution >= 4 is 18.1 Å². The second-order valence-corrected chi connectivity index (χ2v) is 4.22. The van der Waals surface area contributed by atoms with E-state index in [1.165, 1.54) is 0 Å². The third-order valence-electron chi connectivity index (χ3n) is 3.04. The minimum absolute atomic E-state index is 0. The minimum Gasteiger partial charge on any atom is -0.493 e. The number of methoxy groups -OCH3 is 2. The molecule has 0 unspecified atom stereocenters. The van der Waals surface area contributed by atoms with Crippen molar-refractivity contribution in [3.8, 4) is 11.5 Å². The Morgan fingerprint density at radius 2 is 1.57 bits per heavy atom. The van der Waals surface area contributed by atoms with Gasteiger partial charge in [0.15, 0.2) is 11.5 Å². The Morgan fingerprint density at radius 1 is 0.857 bits per heavy atom. The average molecular weight is 310 g/mol. The molecule has 0 bridgehead atoms. The van der Waals surface area contributed by atoms with Gasteiger partial charge in [0.25, 0.3) is 0 Å². The molecule has 0 N–H and O–H groups in total. The third kappa shape index (κ3) is 4.03. The van der Waals surface area contributed by atoms with Crippen LogP contribution in [0.3, 0.4) is 0 Å². The molecule has 0 spiro atoms. The molecule has 0 aliphatic heterocycles. The Balaban J connectivity index is 0.00000220. The smallest absolute Gasteiger partial charge is 0.186 e. The number of para-hydroxylation sites is 1. The number of hydrogen-bond acceptors (Lipinski definition) is 4. The Kier molecular flexibility index (Phi) is 6.85. The van der Waals surface area contributed by atoms with Crippen LogP contribution in [0.4, 0.5) is 5.69 Å². The number of nitrogens with zero attached hydrogens (tertiary/aromatic N) is 1. The highest BCUT2D eigenvalue weighted by molar-refractivity contribution is 5.85. The lowest BCUT2D eigenvalue weighted by Gasteiger charge is -2.24. The molecule has 0 fully saturated rings. The van der Waals surface area contributed by atoms with Gasteiger partial charge in [-0.2, -0.15) is 0 Å². The highest BCUT2D eigenvalue weighted by atomic mass is 35.5. The second kappa shape index (κ2) is 8.39. The standard InChI is InChI=1S/C16H19NO3.ClH/c1-18-15-11-7-10-14(16(15)19-2)17(20-3)12-13-8-5-4-6-9-13;/h4-11H,12H2,1-3H3;1H. The van der Waals surface area contributed by atoms with E-state index in [4.69, 9.17) is 14.3 Å². The van der Waals surface area contributed by atoms with Crippen LogP contribution in [0.2, 0.25) is 0 Å². The van der Waals surface area contributed by atoms with Crippen molar-refractivity contribution in [2.75, 3.05) is 26.4 Å². The number of anilines is 1. The summed E-state index contributed by atoms with van der Waals surface area (Å²) in [4.78, 5) is 5.48. The molecule has 0 saturated carbocycles. The van der Waals surface area contributed by atoms with Gasteiger partial charge in [-0.15, -0.1) is 12.4 Å². The first-order chi connectivity index (χ1) is 9.80. The maximum absolute atomic E-state index is 5.48. The van der Waals surface area contributed by atoms with E-state index < -0.39 is 0 Å². The second-order valence-electron chi connectivity index (χ2n) is 4.22. The van der Waals surface area contributed by atoms with Crippen molar-refractivity contribution in [3.63, 3.8) is 0 Å². The number of ether oxygens (including phenoxy) is 2. The van der Waals surface area contributed by atoms with Crippen molar-refractivity contribution in [2.45, 2.75) is 6.54 Å². The maximum Gasteiger partial charge on any atom is 0.186 e. The number of hydrogen-bond donors (Lipinski definition) is 0. The molecule has 0 saturated heterocycles. The molecule has 2 rings (SSSR count). The molecule has 5 heteroatoms. The summed E-state index contributed by atoms with van der Waals surface area (Å²) in [5, 5.41) is 1.77. The third-order valence-corrected chi connectivity index (χ3v) is 3.04. The van der Waals surface area contributed by atoms with Crippen LogP contribution in [0, 0.1) is 0 Å². The van der Waals surface area contributed by atoms with E-state index in [2.05, 4.69) is 12.1 Å². The fourth-order valence-electron chi connectivity index (χ4n) is 2.06. The molecule has 0 aliphatic rings. The van der Waals surface area contributed by atoms with Crippen LogP contribution in [-0.2, 0) is 11.4 Å². The molecule has 0 aromatic heterocycles. The van der Waals surface area contributed by atoms with Crippen LogP contribution < -0.4 is 14.5 Å². The van der Waals surface area contributed by atoms with Crippen molar-refractivity contribution in [3.05, 3.63) is 54.1 Å². The zero-order valence-corrected chi connectivity index (χ0v) is 13.2. The molecule has 4 nitrogen and oxygen atoms in total. The maximum atomic E-state index is 5.48. The van der Waals surface area contributed by atoms with Gasteiger partial charge in [0, 0.05) is 0 Å². The Bertz CT molecular complexity index is 548. The molecule has 0 amide bonds. The summed E-state index contributed by atoms with van der Waals surface area (Å²) in [7, 11) is 4.88. The predicted molar refractivity (Wildman–Crippen MR) is 86.4 cm³/mol. The highest BCUT2D eigenvalue weighted by Gasteiger charge is 2.16. The van der Waals surface area contributed by atoms with Gasteiger partial charge in [-0.05, 0) is 17.7 Å².